The molecule has 1 aromatic carbocycles. The molecule has 1 rings (SSSR count). The Bertz CT molecular complexity index is 570. The molecule has 7 heteroatoms. The van der Waals surface area contributed by atoms with Crippen LogP contribution in [0.15, 0.2) is 16.6 Å². The van der Waals surface area contributed by atoms with Crippen LogP contribution in [-0.4, -0.2) is 11.5 Å². The maximum absolute atomic E-state index is 13.4. The van der Waals surface area contributed by atoms with Crippen molar-refractivity contribution in [2.24, 2.45) is 5.41 Å². The first-order chi connectivity index (χ1) is 9.76. The first-order valence-electron chi connectivity index (χ1n) is 6.44. The highest BCUT2D eigenvalue weighted by Gasteiger charge is 2.19. The van der Waals surface area contributed by atoms with E-state index >= 15 is 0 Å². The van der Waals surface area contributed by atoms with E-state index in [4.69, 9.17) is 10.00 Å². The van der Waals surface area contributed by atoms with Crippen LogP contribution in [0, 0.1) is 32.7 Å². The molecule has 0 aromatic heterocycles. The molecule has 0 radical (unpaired) electrons. The highest BCUT2D eigenvalue weighted by Crippen LogP contribution is 2.32. The van der Waals surface area contributed by atoms with Crippen molar-refractivity contribution in [3.05, 3.63) is 32.5 Å². The number of nitrogens with zero attached hydrogens (tertiary/aromatic N) is 2. The van der Waals surface area contributed by atoms with Crippen LogP contribution in [0.2, 0.25) is 0 Å². The molecule has 0 spiro atoms. The minimum absolute atomic E-state index is 0.0253. The molecule has 0 amide bonds. The molecule has 114 valence electrons. The lowest BCUT2D eigenvalue weighted by atomic mass is 9.89. The summed E-state index contributed by atoms with van der Waals surface area (Å²) in [6, 6.07) is 4.29. The fraction of sp³-hybridized carbons (Fsp3) is 0.500. The molecule has 1 aromatic rings. The van der Waals surface area contributed by atoms with Gasteiger partial charge in [0.2, 0.25) is 0 Å². The van der Waals surface area contributed by atoms with Gasteiger partial charge in [-0.3, -0.25) is 10.1 Å². The maximum atomic E-state index is 13.4. The second-order valence-corrected chi connectivity index (χ2v) is 6.15. The molecule has 0 unspecified atom stereocenters. The highest BCUT2D eigenvalue weighted by molar-refractivity contribution is 9.10. The molecule has 0 saturated carbocycles. The van der Waals surface area contributed by atoms with E-state index in [1.54, 1.807) is 0 Å². The van der Waals surface area contributed by atoms with E-state index in [-0.39, 0.29) is 22.5 Å². The zero-order valence-corrected chi connectivity index (χ0v) is 13.4. The Hall–Kier alpha value is -1.68. The number of rotatable bonds is 7. The van der Waals surface area contributed by atoms with Crippen molar-refractivity contribution in [3.8, 4) is 11.8 Å². The second kappa shape index (κ2) is 7.36. The molecule has 0 aliphatic rings. The summed E-state index contributed by atoms with van der Waals surface area (Å²) in [6.07, 6.45) is 2.11. The summed E-state index contributed by atoms with van der Waals surface area (Å²) < 4.78 is 18.7. The first kappa shape index (κ1) is 17.4. The molecule has 0 bridgehead atoms. The summed E-state index contributed by atoms with van der Waals surface area (Å²) in [5.74, 6) is -0.693. The van der Waals surface area contributed by atoms with Gasteiger partial charge in [-0.1, -0.05) is 0 Å². The Morgan fingerprint density at radius 1 is 1.48 bits per heavy atom. The monoisotopic (exact) mass is 358 g/mol. The minimum Gasteiger partial charge on any atom is -0.487 e. The lowest BCUT2D eigenvalue weighted by Gasteiger charge is -2.14. The summed E-state index contributed by atoms with van der Waals surface area (Å²) >= 11 is 2.91. The summed E-state index contributed by atoms with van der Waals surface area (Å²) in [5.41, 5.74) is -0.670. The number of hydrogen-bond acceptors (Lipinski definition) is 4. The van der Waals surface area contributed by atoms with Gasteiger partial charge in [-0.15, -0.1) is 0 Å². The van der Waals surface area contributed by atoms with Crippen LogP contribution in [0.3, 0.4) is 0 Å². The number of hydrogen-bond donors (Lipinski definition) is 0. The van der Waals surface area contributed by atoms with Gasteiger partial charge in [-0.05, 0) is 49.0 Å². The second-order valence-electron chi connectivity index (χ2n) is 5.29. The number of nitro groups is 1. The number of nitriles is 1. The Morgan fingerprint density at radius 2 is 2.14 bits per heavy atom. The first-order valence-corrected chi connectivity index (χ1v) is 7.23. The van der Waals surface area contributed by atoms with Crippen molar-refractivity contribution in [2.75, 3.05) is 6.61 Å². The van der Waals surface area contributed by atoms with Gasteiger partial charge in [0.15, 0.2) is 5.75 Å². The number of halogens is 2. The van der Waals surface area contributed by atoms with Gasteiger partial charge in [-0.25, -0.2) is 4.39 Å². The van der Waals surface area contributed by atoms with Crippen molar-refractivity contribution in [3.63, 3.8) is 0 Å². The van der Waals surface area contributed by atoms with E-state index in [1.807, 2.05) is 13.8 Å². The topological polar surface area (TPSA) is 76.2 Å². The predicted molar refractivity (Wildman–Crippen MR) is 79.5 cm³/mol. The van der Waals surface area contributed by atoms with Gasteiger partial charge < -0.3 is 4.74 Å². The zero-order valence-electron chi connectivity index (χ0n) is 11.9. The van der Waals surface area contributed by atoms with E-state index in [9.17, 15) is 14.5 Å². The van der Waals surface area contributed by atoms with E-state index < -0.39 is 16.2 Å². The van der Waals surface area contributed by atoms with Crippen LogP contribution in [-0.2, 0) is 0 Å². The van der Waals surface area contributed by atoms with Gasteiger partial charge in [0, 0.05) is 12.1 Å². The Labute approximate surface area is 131 Å². The number of nitro benzene ring substituents is 1. The van der Waals surface area contributed by atoms with E-state index in [0.717, 1.165) is 18.6 Å². The number of benzene rings is 1. The Morgan fingerprint density at radius 3 is 2.71 bits per heavy atom. The predicted octanol–water partition coefficient (Wildman–Crippen LogP) is 4.60. The summed E-state index contributed by atoms with van der Waals surface area (Å²) in [7, 11) is 0. The lowest BCUT2D eigenvalue weighted by molar-refractivity contribution is -0.386. The molecule has 5 nitrogen and oxygen atoms in total. The standard InChI is InChI=1S/C14H16BrFN2O3/c1-14(2,9-17)5-3-4-6-21-13-8-11(16)10(15)7-12(13)18(19)20/h7-8H,3-6H2,1-2H3. The minimum atomic E-state index is -0.613. The van der Waals surface area contributed by atoms with Gasteiger partial charge in [0.05, 0.1) is 27.5 Å². The average molecular weight is 359 g/mol. The van der Waals surface area contributed by atoms with Crippen molar-refractivity contribution in [1.29, 1.82) is 5.26 Å². The zero-order chi connectivity index (χ0) is 16.0. The van der Waals surface area contributed by atoms with Crippen LogP contribution in [0.4, 0.5) is 10.1 Å². The van der Waals surface area contributed by atoms with Crippen molar-refractivity contribution in [1.82, 2.24) is 0 Å². The van der Waals surface area contributed by atoms with Crippen LogP contribution in [0.5, 0.6) is 5.75 Å². The third kappa shape index (κ3) is 5.31. The van der Waals surface area contributed by atoms with E-state index in [1.165, 1.54) is 0 Å². The van der Waals surface area contributed by atoms with Crippen LogP contribution >= 0.6 is 15.9 Å². The molecular formula is C14H16BrFN2O3. The van der Waals surface area contributed by atoms with Gasteiger partial charge in [0.25, 0.3) is 0 Å². The normalized spacial score (nSPS) is 11.0. The van der Waals surface area contributed by atoms with Crippen molar-refractivity contribution < 1.29 is 14.1 Å². The SMILES string of the molecule is CC(C)(C#N)CCCCOc1cc(F)c(Br)cc1[N+](=O)[O-]. The smallest absolute Gasteiger partial charge is 0.312 e. The van der Waals surface area contributed by atoms with Crippen LogP contribution in [0.25, 0.3) is 0 Å². The summed E-state index contributed by atoms with van der Waals surface area (Å²) in [6.45, 7) is 3.94. The number of ether oxygens (including phenoxy) is 1. The van der Waals surface area contributed by atoms with Crippen molar-refractivity contribution in [2.45, 2.75) is 33.1 Å². The molecule has 0 aliphatic carbocycles. The lowest BCUT2D eigenvalue weighted by Crippen LogP contribution is -2.08. The molecule has 0 fully saturated rings. The third-order valence-corrected chi connectivity index (χ3v) is 3.56. The fourth-order valence-corrected chi connectivity index (χ4v) is 2.01. The van der Waals surface area contributed by atoms with Gasteiger partial charge >= 0.3 is 5.69 Å². The van der Waals surface area contributed by atoms with Gasteiger partial charge in [-0.2, -0.15) is 5.26 Å². The van der Waals surface area contributed by atoms with Gasteiger partial charge in [0.1, 0.15) is 5.82 Å². The van der Waals surface area contributed by atoms with Crippen LogP contribution < -0.4 is 4.74 Å². The molecule has 21 heavy (non-hydrogen) atoms. The molecule has 0 saturated heterocycles. The largest absolute Gasteiger partial charge is 0.487 e. The fourth-order valence-electron chi connectivity index (χ4n) is 1.68. The average Bonchev–Trinajstić information content (AvgIpc) is 2.41. The summed E-state index contributed by atoms with van der Waals surface area (Å²) in [4.78, 5) is 10.3. The number of unbranched alkanes of at least 4 members (excludes halogenated alkanes) is 1. The highest BCUT2D eigenvalue weighted by atomic mass is 79.9. The third-order valence-electron chi connectivity index (χ3n) is 2.95. The molecule has 0 aliphatic heterocycles. The van der Waals surface area contributed by atoms with Crippen molar-refractivity contribution >= 4 is 21.6 Å². The molecule has 0 heterocycles. The Kier molecular flexibility index (Phi) is 6.09. The van der Waals surface area contributed by atoms with Crippen LogP contribution in [0.1, 0.15) is 33.1 Å². The quantitative estimate of drug-likeness (QED) is 0.405. The van der Waals surface area contributed by atoms with E-state index in [2.05, 4.69) is 22.0 Å². The maximum Gasteiger partial charge on any atom is 0.312 e. The van der Waals surface area contributed by atoms with E-state index in [0.29, 0.717) is 12.8 Å². The summed E-state index contributed by atoms with van der Waals surface area (Å²) in [5, 5.41) is 19.8. The molecule has 0 atom stereocenters. The molecular weight excluding hydrogens is 343 g/mol. The molecule has 0 N–H and O–H groups in total. The Balaban J connectivity index is 2.58.